The Bertz CT molecular complexity index is 1010. The summed E-state index contributed by atoms with van der Waals surface area (Å²) < 4.78 is 13.8. The van der Waals surface area contributed by atoms with E-state index in [4.69, 9.17) is 0 Å². The minimum Gasteiger partial charge on any atom is -0.367 e. The highest BCUT2D eigenvalue weighted by Crippen LogP contribution is 2.24. The monoisotopic (exact) mass is 349 g/mol. The summed E-state index contributed by atoms with van der Waals surface area (Å²) in [4.78, 5) is 16.5. The van der Waals surface area contributed by atoms with Crippen LogP contribution in [-0.4, -0.2) is 47.2 Å². The third kappa shape index (κ3) is 2.65. The Morgan fingerprint density at radius 1 is 1.12 bits per heavy atom. The van der Waals surface area contributed by atoms with Crippen LogP contribution in [0.1, 0.15) is 16.1 Å². The van der Waals surface area contributed by atoms with Gasteiger partial charge in [-0.2, -0.15) is 10.4 Å². The Labute approximate surface area is 149 Å². The highest BCUT2D eigenvalue weighted by molar-refractivity contribution is 6.04. The largest absolute Gasteiger partial charge is 0.367 e. The van der Waals surface area contributed by atoms with Gasteiger partial charge in [0.15, 0.2) is 5.69 Å². The maximum absolute atomic E-state index is 13.8. The molecule has 130 valence electrons. The van der Waals surface area contributed by atoms with Crippen molar-refractivity contribution < 1.29 is 9.18 Å². The number of nitriles is 1. The Morgan fingerprint density at radius 3 is 2.65 bits per heavy atom. The molecule has 0 saturated carbocycles. The van der Waals surface area contributed by atoms with E-state index in [-0.39, 0.29) is 11.5 Å². The predicted octanol–water partition coefficient (Wildman–Crippen LogP) is 2.54. The number of carbonyl (C=O) groups is 1. The van der Waals surface area contributed by atoms with Crippen molar-refractivity contribution in [2.24, 2.45) is 0 Å². The van der Waals surface area contributed by atoms with Crippen LogP contribution in [0.25, 0.3) is 10.9 Å². The fourth-order valence-corrected chi connectivity index (χ4v) is 3.31. The van der Waals surface area contributed by atoms with Crippen LogP contribution in [0.5, 0.6) is 0 Å². The molecule has 1 amide bonds. The fourth-order valence-electron chi connectivity index (χ4n) is 3.31. The minimum absolute atomic E-state index is 0.0468. The summed E-state index contributed by atoms with van der Waals surface area (Å²) in [5.74, 6) is -0.645. The van der Waals surface area contributed by atoms with E-state index in [0.29, 0.717) is 37.6 Å². The third-order valence-corrected chi connectivity index (χ3v) is 4.68. The number of nitrogens with one attached hydrogen (secondary N) is 1. The van der Waals surface area contributed by atoms with E-state index in [1.807, 2.05) is 35.2 Å². The van der Waals surface area contributed by atoms with Crippen molar-refractivity contribution in [3.05, 3.63) is 59.5 Å². The molecule has 7 heteroatoms. The summed E-state index contributed by atoms with van der Waals surface area (Å²) >= 11 is 0. The second kappa shape index (κ2) is 6.48. The molecule has 0 bridgehead atoms. The first kappa shape index (κ1) is 16.1. The highest BCUT2D eigenvalue weighted by Gasteiger charge is 2.26. The molecule has 2 heterocycles. The number of para-hydroxylation sites is 1. The Morgan fingerprint density at radius 2 is 1.88 bits per heavy atom. The molecule has 1 aromatic heterocycles. The molecule has 0 radical (unpaired) electrons. The van der Waals surface area contributed by atoms with Crippen molar-refractivity contribution in [1.29, 1.82) is 5.26 Å². The van der Waals surface area contributed by atoms with Crippen molar-refractivity contribution in [1.82, 2.24) is 15.1 Å². The van der Waals surface area contributed by atoms with Gasteiger partial charge in [-0.05, 0) is 18.2 Å². The van der Waals surface area contributed by atoms with E-state index in [9.17, 15) is 14.4 Å². The summed E-state index contributed by atoms with van der Waals surface area (Å²) in [6.07, 6.45) is 0. The van der Waals surface area contributed by atoms with E-state index in [1.165, 1.54) is 6.07 Å². The minimum atomic E-state index is -0.522. The SMILES string of the molecule is N#Cc1c(F)cccc1N1CCN(C(=O)c2n[nH]c3ccccc23)CC1. The van der Waals surface area contributed by atoms with Crippen LogP contribution in [0.3, 0.4) is 0 Å². The van der Waals surface area contributed by atoms with Crippen LogP contribution < -0.4 is 4.90 Å². The lowest BCUT2D eigenvalue weighted by Gasteiger charge is -2.36. The van der Waals surface area contributed by atoms with E-state index >= 15 is 0 Å². The molecule has 0 atom stereocenters. The topological polar surface area (TPSA) is 76.0 Å². The summed E-state index contributed by atoms with van der Waals surface area (Å²) in [5, 5.41) is 17.0. The van der Waals surface area contributed by atoms with Crippen molar-refractivity contribution in [3.63, 3.8) is 0 Å². The summed E-state index contributed by atoms with van der Waals surface area (Å²) in [7, 11) is 0. The first-order chi connectivity index (χ1) is 12.7. The quantitative estimate of drug-likeness (QED) is 0.771. The lowest BCUT2D eigenvalue weighted by atomic mass is 10.1. The Hall–Kier alpha value is -3.40. The number of fused-ring (bicyclic) bond motifs is 1. The van der Waals surface area contributed by atoms with Crippen molar-refractivity contribution >= 4 is 22.5 Å². The first-order valence-corrected chi connectivity index (χ1v) is 8.35. The predicted molar refractivity (Wildman–Crippen MR) is 95.3 cm³/mol. The zero-order chi connectivity index (χ0) is 18.1. The van der Waals surface area contributed by atoms with Gasteiger partial charge in [0.05, 0.1) is 11.2 Å². The molecule has 4 rings (SSSR count). The van der Waals surface area contributed by atoms with Crippen molar-refractivity contribution in [2.45, 2.75) is 0 Å². The van der Waals surface area contributed by atoms with E-state index < -0.39 is 5.82 Å². The van der Waals surface area contributed by atoms with E-state index in [1.54, 1.807) is 17.0 Å². The lowest BCUT2D eigenvalue weighted by Crippen LogP contribution is -2.49. The van der Waals surface area contributed by atoms with Gasteiger partial charge in [-0.1, -0.05) is 24.3 Å². The number of piperazine rings is 1. The Balaban J connectivity index is 1.51. The zero-order valence-corrected chi connectivity index (χ0v) is 13.9. The van der Waals surface area contributed by atoms with Crippen LogP contribution in [-0.2, 0) is 0 Å². The van der Waals surface area contributed by atoms with Crippen LogP contribution in [0.15, 0.2) is 42.5 Å². The summed E-state index contributed by atoms with van der Waals surface area (Å²) in [6.45, 7) is 2.04. The van der Waals surface area contributed by atoms with Gasteiger partial charge in [0.25, 0.3) is 5.91 Å². The molecule has 1 aliphatic rings. The highest BCUT2D eigenvalue weighted by atomic mass is 19.1. The number of hydrogen-bond donors (Lipinski definition) is 1. The number of hydrogen-bond acceptors (Lipinski definition) is 4. The second-order valence-electron chi connectivity index (χ2n) is 6.14. The first-order valence-electron chi connectivity index (χ1n) is 8.35. The molecule has 1 saturated heterocycles. The van der Waals surface area contributed by atoms with Crippen LogP contribution >= 0.6 is 0 Å². The summed E-state index contributed by atoms with van der Waals surface area (Å²) in [6, 6.07) is 14.1. The number of aromatic nitrogens is 2. The van der Waals surface area contributed by atoms with Crippen molar-refractivity contribution in [3.8, 4) is 6.07 Å². The molecule has 2 aromatic carbocycles. The van der Waals surface area contributed by atoms with Gasteiger partial charge in [0, 0.05) is 31.6 Å². The number of anilines is 1. The number of benzene rings is 2. The molecular formula is C19H16FN5O. The standard InChI is InChI=1S/C19H16FN5O/c20-15-5-3-7-17(14(15)12-21)24-8-10-25(11-9-24)19(26)18-13-4-1-2-6-16(13)22-23-18/h1-7H,8-11H2,(H,22,23). The van der Waals surface area contributed by atoms with Gasteiger partial charge in [0.1, 0.15) is 17.4 Å². The number of amides is 1. The number of rotatable bonds is 2. The molecule has 1 fully saturated rings. The van der Waals surface area contributed by atoms with Gasteiger partial charge in [0.2, 0.25) is 0 Å². The normalized spacial score (nSPS) is 14.5. The van der Waals surface area contributed by atoms with Gasteiger partial charge >= 0.3 is 0 Å². The van der Waals surface area contributed by atoms with Gasteiger partial charge in [-0.3, -0.25) is 9.89 Å². The van der Waals surface area contributed by atoms with Crippen molar-refractivity contribution in [2.75, 3.05) is 31.1 Å². The number of nitrogens with zero attached hydrogens (tertiary/aromatic N) is 4. The van der Waals surface area contributed by atoms with Crippen LogP contribution in [0.2, 0.25) is 0 Å². The fraction of sp³-hybridized carbons (Fsp3) is 0.211. The zero-order valence-electron chi connectivity index (χ0n) is 13.9. The molecule has 1 aliphatic heterocycles. The molecule has 6 nitrogen and oxygen atoms in total. The van der Waals surface area contributed by atoms with Gasteiger partial charge in [-0.25, -0.2) is 4.39 Å². The third-order valence-electron chi connectivity index (χ3n) is 4.68. The molecule has 0 unspecified atom stereocenters. The molecule has 3 aromatic rings. The molecular weight excluding hydrogens is 333 g/mol. The van der Waals surface area contributed by atoms with Gasteiger partial charge < -0.3 is 9.80 Å². The lowest BCUT2D eigenvalue weighted by molar-refractivity contribution is 0.0742. The number of H-pyrrole nitrogens is 1. The average molecular weight is 349 g/mol. The van der Waals surface area contributed by atoms with Gasteiger partial charge in [-0.15, -0.1) is 0 Å². The smallest absolute Gasteiger partial charge is 0.275 e. The summed E-state index contributed by atoms with van der Waals surface area (Å²) in [5.41, 5.74) is 1.86. The number of halogens is 1. The molecule has 0 aliphatic carbocycles. The maximum Gasteiger partial charge on any atom is 0.275 e. The number of carbonyl (C=O) groups excluding carboxylic acids is 1. The van der Waals surface area contributed by atoms with Crippen LogP contribution in [0.4, 0.5) is 10.1 Å². The maximum atomic E-state index is 13.8. The molecule has 0 spiro atoms. The molecule has 1 N–H and O–H groups in total. The average Bonchev–Trinajstić information content (AvgIpc) is 3.11. The van der Waals surface area contributed by atoms with E-state index in [2.05, 4.69) is 10.2 Å². The van der Waals surface area contributed by atoms with Crippen LogP contribution in [0, 0.1) is 17.1 Å². The second-order valence-corrected chi connectivity index (χ2v) is 6.14. The number of aromatic amines is 1. The molecule has 26 heavy (non-hydrogen) atoms. The Kier molecular flexibility index (Phi) is 4.01. The van der Waals surface area contributed by atoms with E-state index in [0.717, 1.165) is 10.9 Å².